The Bertz CT molecular complexity index is 1340. The zero-order valence-corrected chi connectivity index (χ0v) is 21.2. The Morgan fingerprint density at radius 3 is 2.32 bits per heavy atom. The van der Waals surface area contributed by atoms with Gasteiger partial charge in [0.15, 0.2) is 0 Å². The Hall–Kier alpha value is -3.88. The summed E-state index contributed by atoms with van der Waals surface area (Å²) in [5.74, 6) is -3.89. The third-order valence-corrected chi connectivity index (χ3v) is 5.97. The van der Waals surface area contributed by atoms with Crippen LogP contribution in [0.4, 0.5) is 22.0 Å². The summed E-state index contributed by atoms with van der Waals surface area (Å²) in [6, 6.07) is 12.7. The van der Waals surface area contributed by atoms with Crippen LogP contribution >= 0.6 is 0 Å². The van der Waals surface area contributed by atoms with Crippen molar-refractivity contribution in [2.45, 2.75) is 46.4 Å². The average molecular weight is 534 g/mol. The maximum absolute atomic E-state index is 14.3. The van der Waals surface area contributed by atoms with Crippen LogP contribution in [0.3, 0.4) is 0 Å². The molecule has 1 aliphatic rings. The third kappa shape index (κ3) is 6.70. The Balaban J connectivity index is 0.00000195. The molecule has 3 aromatic rings. The third-order valence-electron chi connectivity index (χ3n) is 5.97. The molecule has 0 radical (unpaired) electrons. The number of carbonyl (C=O) groups is 1. The van der Waals surface area contributed by atoms with Crippen molar-refractivity contribution in [2.75, 3.05) is 0 Å². The number of benzene rings is 2. The number of nitrogens with zero attached hydrogens (tertiary/aromatic N) is 1. The lowest BCUT2D eigenvalue weighted by Crippen LogP contribution is -2.21. The van der Waals surface area contributed by atoms with Crippen LogP contribution in [0.15, 0.2) is 72.3 Å². The molecule has 2 aromatic carbocycles. The second kappa shape index (κ2) is 12.1. The van der Waals surface area contributed by atoms with Gasteiger partial charge >= 0.3 is 12.1 Å². The molecule has 1 aliphatic carbocycles. The molecule has 0 saturated carbocycles. The maximum Gasteiger partial charge on any atom is 0.395 e. The van der Waals surface area contributed by atoms with Gasteiger partial charge in [-0.15, -0.1) is 0 Å². The van der Waals surface area contributed by atoms with Gasteiger partial charge in [-0.25, -0.2) is 13.6 Å². The van der Waals surface area contributed by atoms with Crippen molar-refractivity contribution in [3.05, 3.63) is 95.2 Å². The second-order valence-electron chi connectivity index (χ2n) is 8.50. The summed E-state index contributed by atoms with van der Waals surface area (Å²) in [6.45, 7) is 5.70. The summed E-state index contributed by atoms with van der Waals surface area (Å²) in [5.41, 5.74) is 1.65. The minimum Gasteiger partial charge on any atom is -0.488 e. The number of aromatic nitrogens is 1. The summed E-state index contributed by atoms with van der Waals surface area (Å²) in [5, 5.41) is 9.52. The number of allylic oxidation sites excluding steroid dienone is 3. The van der Waals surface area contributed by atoms with E-state index in [1.54, 1.807) is 19.1 Å². The number of hydrogen-bond donors (Lipinski definition) is 1. The van der Waals surface area contributed by atoms with Crippen LogP contribution in [0.2, 0.25) is 0 Å². The van der Waals surface area contributed by atoms with E-state index >= 15 is 0 Å². The standard InChI is InChI=1S/C27H22F5NO3.C2H6/c1-16-2-10-24(33(16)22-12-18(26(34)35)5-6-19(13-22)27(30,31)32)23-14-21(29)9-11-25(23)36-15-17-3-7-20(28)8-4-17;1-2/h2-4,7-14,19H,5-6,15H2,1H3,(H,34,35);1-2H3. The molecule has 1 N–H and O–H groups in total. The molecule has 0 fully saturated rings. The van der Waals surface area contributed by atoms with Crippen LogP contribution in [0.1, 0.15) is 37.9 Å². The quantitative estimate of drug-likeness (QED) is 0.325. The van der Waals surface area contributed by atoms with Crippen molar-refractivity contribution >= 4 is 11.7 Å². The number of halogens is 5. The van der Waals surface area contributed by atoms with Gasteiger partial charge in [-0.1, -0.05) is 26.0 Å². The summed E-state index contributed by atoms with van der Waals surface area (Å²) >= 11 is 0. The smallest absolute Gasteiger partial charge is 0.395 e. The molecule has 1 aromatic heterocycles. The van der Waals surface area contributed by atoms with E-state index < -0.39 is 36.1 Å². The van der Waals surface area contributed by atoms with E-state index in [0.717, 1.165) is 6.08 Å². The first kappa shape index (κ1) is 28.7. The normalized spacial score (nSPS) is 15.5. The topological polar surface area (TPSA) is 51.5 Å². The number of carboxylic acids is 1. The first-order valence-corrected chi connectivity index (χ1v) is 12.1. The van der Waals surface area contributed by atoms with Crippen LogP contribution in [0.25, 0.3) is 17.0 Å². The van der Waals surface area contributed by atoms with Gasteiger partial charge in [-0.3, -0.25) is 0 Å². The fraction of sp³-hybridized carbons (Fsp3) is 0.276. The molecule has 1 heterocycles. The first-order chi connectivity index (χ1) is 18.0. The van der Waals surface area contributed by atoms with Gasteiger partial charge < -0.3 is 14.4 Å². The van der Waals surface area contributed by atoms with Crippen LogP contribution in [0, 0.1) is 24.5 Å². The van der Waals surface area contributed by atoms with Gasteiger partial charge in [-0.05, 0) is 79.9 Å². The molecule has 38 heavy (non-hydrogen) atoms. The SMILES string of the molecule is CC.Cc1ccc(-c2cc(F)ccc2OCc2ccc(F)cc2)n1C1=CC(C(F)(F)F)CCC(C(=O)O)=C1. The highest BCUT2D eigenvalue weighted by Crippen LogP contribution is 2.39. The molecule has 0 aliphatic heterocycles. The lowest BCUT2D eigenvalue weighted by molar-refractivity contribution is -0.162. The van der Waals surface area contributed by atoms with Crippen molar-refractivity contribution < 1.29 is 36.6 Å². The van der Waals surface area contributed by atoms with E-state index in [1.807, 2.05) is 13.8 Å². The molecule has 0 spiro atoms. The Morgan fingerprint density at radius 2 is 1.68 bits per heavy atom. The maximum atomic E-state index is 14.3. The van der Waals surface area contributed by atoms with Crippen LogP contribution < -0.4 is 4.74 Å². The zero-order valence-electron chi connectivity index (χ0n) is 21.2. The number of aryl methyl sites for hydroxylation is 1. The number of hydrogen-bond acceptors (Lipinski definition) is 2. The molecular formula is C29H28F5NO3. The zero-order chi connectivity index (χ0) is 28.0. The molecule has 4 rings (SSSR count). The average Bonchev–Trinajstić information content (AvgIpc) is 3.10. The van der Waals surface area contributed by atoms with Gasteiger partial charge in [0.05, 0.1) is 11.6 Å². The predicted octanol–water partition coefficient (Wildman–Crippen LogP) is 8.17. The first-order valence-electron chi connectivity index (χ1n) is 12.1. The predicted molar refractivity (Wildman–Crippen MR) is 135 cm³/mol. The molecule has 1 unspecified atom stereocenters. The molecule has 9 heteroatoms. The number of rotatable bonds is 6. The molecular weight excluding hydrogens is 505 g/mol. The molecule has 4 nitrogen and oxygen atoms in total. The summed E-state index contributed by atoms with van der Waals surface area (Å²) < 4.78 is 75.9. The largest absolute Gasteiger partial charge is 0.488 e. The van der Waals surface area contributed by atoms with E-state index in [1.165, 1.54) is 53.1 Å². The lowest BCUT2D eigenvalue weighted by atomic mass is 10.0. The van der Waals surface area contributed by atoms with Gasteiger partial charge in [0, 0.05) is 22.5 Å². The second-order valence-corrected chi connectivity index (χ2v) is 8.50. The van der Waals surface area contributed by atoms with Gasteiger partial charge in [0.2, 0.25) is 0 Å². The molecule has 0 amide bonds. The Kier molecular flexibility index (Phi) is 9.14. The highest BCUT2D eigenvalue weighted by Gasteiger charge is 2.39. The van der Waals surface area contributed by atoms with Crippen LogP contribution in [-0.2, 0) is 11.4 Å². The van der Waals surface area contributed by atoms with Gasteiger partial charge in [0.25, 0.3) is 0 Å². The van der Waals surface area contributed by atoms with E-state index in [9.17, 15) is 31.9 Å². The Labute approximate surface area is 217 Å². The van der Waals surface area contributed by atoms with Gasteiger partial charge in [-0.2, -0.15) is 13.2 Å². The van der Waals surface area contributed by atoms with E-state index in [-0.39, 0.29) is 35.6 Å². The molecule has 202 valence electrons. The fourth-order valence-corrected chi connectivity index (χ4v) is 4.13. The van der Waals surface area contributed by atoms with E-state index in [0.29, 0.717) is 17.0 Å². The van der Waals surface area contributed by atoms with Crippen LogP contribution in [0.5, 0.6) is 5.75 Å². The summed E-state index contributed by atoms with van der Waals surface area (Å²) in [6.07, 6.45) is -2.97. The molecule has 0 saturated heterocycles. The van der Waals surface area contributed by atoms with Gasteiger partial charge in [0.1, 0.15) is 24.0 Å². The highest BCUT2D eigenvalue weighted by atomic mass is 19.4. The molecule has 1 atom stereocenters. The van der Waals surface area contributed by atoms with Crippen molar-refractivity contribution in [1.29, 1.82) is 0 Å². The van der Waals surface area contributed by atoms with Crippen LogP contribution in [-0.4, -0.2) is 21.8 Å². The number of carboxylic acid groups (broad SMARTS) is 1. The summed E-state index contributed by atoms with van der Waals surface area (Å²) in [7, 11) is 0. The minimum absolute atomic E-state index is 0.0264. The Morgan fingerprint density at radius 1 is 1.03 bits per heavy atom. The monoisotopic (exact) mass is 533 g/mol. The highest BCUT2D eigenvalue weighted by molar-refractivity contribution is 5.90. The lowest BCUT2D eigenvalue weighted by Gasteiger charge is -2.19. The van der Waals surface area contributed by atoms with Crippen molar-refractivity contribution in [2.24, 2.45) is 5.92 Å². The van der Waals surface area contributed by atoms with E-state index in [2.05, 4.69) is 0 Å². The van der Waals surface area contributed by atoms with E-state index in [4.69, 9.17) is 4.74 Å². The summed E-state index contributed by atoms with van der Waals surface area (Å²) in [4.78, 5) is 11.7. The number of ether oxygens (including phenoxy) is 1. The van der Waals surface area contributed by atoms with Crippen molar-refractivity contribution in [3.63, 3.8) is 0 Å². The number of alkyl halides is 3. The minimum atomic E-state index is -4.56. The van der Waals surface area contributed by atoms with Crippen molar-refractivity contribution in [1.82, 2.24) is 4.57 Å². The van der Waals surface area contributed by atoms with Crippen molar-refractivity contribution in [3.8, 4) is 17.0 Å². The fourth-order valence-electron chi connectivity index (χ4n) is 4.13. The molecule has 0 bridgehead atoms. The number of aliphatic carboxylic acids is 1.